The van der Waals surface area contributed by atoms with Gasteiger partial charge in [0.15, 0.2) is 0 Å². The molecule has 0 radical (unpaired) electrons. The standard InChI is InChI=1S/C11H16N2O2/c1-7-6-10(15-12-7)11(14)13(3)8(2)9-4-5-9/h6,8-9H,4-5H2,1-3H3/t8-/m0/s1. The number of aromatic nitrogens is 1. The number of amides is 1. The second-order valence-corrected chi connectivity index (χ2v) is 4.33. The number of hydrogen-bond donors (Lipinski definition) is 0. The second kappa shape index (κ2) is 3.68. The predicted octanol–water partition coefficient (Wildman–Crippen LogP) is 1.85. The molecule has 0 spiro atoms. The molecule has 1 atom stereocenters. The molecule has 0 aliphatic heterocycles. The summed E-state index contributed by atoms with van der Waals surface area (Å²) in [6, 6.07) is 1.97. The van der Waals surface area contributed by atoms with Gasteiger partial charge in [0, 0.05) is 19.2 Å². The molecule has 1 aliphatic rings. The van der Waals surface area contributed by atoms with Gasteiger partial charge < -0.3 is 9.42 Å². The molecule has 1 aromatic heterocycles. The van der Waals surface area contributed by atoms with Crippen LogP contribution in [0, 0.1) is 12.8 Å². The van der Waals surface area contributed by atoms with E-state index in [0.29, 0.717) is 17.7 Å². The summed E-state index contributed by atoms with van der Waals surface area (Å²) in [6.07, 6.45) is 2.46. The Labute approximate surface area is 89.2 Å². The van der Waals surface area contributed by atoms with Crippen LogP contribution in [0.4, 0.5) is 0 Å². The van der Waals surface area contributed by atoms with E-state index in [1.54, 1.807) is 11.0 Å². The highest BCUT2D eigenvalue weighted by atomic mass is 16.5. The van der Waals surface area contributed by atoms with Gasteiger partial charge in [0.2, 0.25) is 5.76 Å². The topological polar surface area (TPSA) is 46.3 Å². The predicted molar refractivity (Wildman–Crippen MR) is 55.5 cm³/mol. The molecule has 0 bridgehead atoms. The maximum Gasteiger partial charge on any atom is 0.292 e. The maximum atomic E-state index is 11.9. The van der Waals surface area contributed by atoms with Gasteiger partial charge in [-0.1, -0.05) is 5.16 Å². The zero-order chi connectivity index (χ0) is 11.0. The van der Waals surface area contributed by atoms with Gasteiger partial charge in [-0.05, 0) is 32.6 Å². The quantitative estimate of drug-likeness (QED) is 0.761. The fourth-order valence-electron chi connectivity index (χ4n) is 1.72. The zero-order valence-corrected chi connectivity index (χ0v) is 9.36. The van der Waals surface area contributed by atoms with E-state index in [0.717, 1.165) is 5.69 Å². The minimum absolute atomic E-state index is 0.0741. The Morgan fingerprint density at radius 1 is 1.67 bits per heavy atom. The molecule has 0 N–H and O–H groups in total. The highest BCUT2D eigenvalue weighted by Gasteiger charge is 2.33. The van der Waals surface area contributed by atoms with Gasteiger partial charge in [0.05, 0.1) is 5.69 Å². The average molecular weight is 208 g/mol. The first kappa shape index (κ1) is 10.2. The van der Waals surface area contributed by atoms with Crippen LogP contribution in [0.1, 0.15) is 36.0 Å². The number of carbonyl (C=O) groups excluding carboxylic acids is 1. The van der Waals surface area contributed by atoms with Gasteiger partial charge in [-0.3, -0.25) is 4.79 Å². The van der Waals surface area contributed by atoms with E-state index < -0.39 is 0 Å². The monoisotopic (exact) mass is 208 g/mol. The number of aryl methyl sites for hydroxylation is 1. The SMILES string of the molecule is Cc1cc(C(=O)N(C)[C@@H](C)C2CC2)on1. The zero-order valence-electron chi connectivity index (χ0n) is 9.36. The van der Waals surface area contributed by atoms with Crippen molar-refractivity contribution in [3.63, 3.8) is 0 Å². The van der Waals surface area contributed by atoms with Crippen LogP contribution in [-0.4, -0.2) is 29.1 Å². The lowest BCUT2D eigenvalue weighted by Gasteiger charge is -2.23. The van der Waals surface area contributed by atoms with Crippen molar-refractivity contribution in [1.82, 2.24) is 10.1 Å². The van der Waals surface area contributed by atoms with Crippen molar-refractivity contribution >= 4 is 5.91 Å². The van der Waals surface area contributed by atoms with Crippen LogP contribution in [0.2, 0.25) is 0 Å². The van der Waals surface area contributed by atoms with Gasteiger partial charge in [-0.2, -0.15) is 0 Å². The lowest BCUT2D eigenvalue weighted by atomic mass is 10.2. The van der Waals surface area contributed by atoms with Crippen molar-refractivity contribution < 1.29 is 9.32 Å². The molecule has 1 fully saturated rings. The van der Waals surface area contributed by atoms with Crippen LogP contribution in [0.3, 0.4) is 0 Å². The molecule has 4 nitrogen and oxygen atoms in total. The van der Waals surface area contributed by atoms with Crippen LogP contribution in [0.25, 0.3) is 0 Å². The van der Waals surface area contributed by atoms with Crippen LogP contribution < -0.4 is 0 Å². The van der Waals surface area contributed by atoms with Crippen LogP contribution in [0.15, 0.2) is 10.6 Å². The Hall–Kier alpha value is -1.32. The maximum absolute atomic E-state index is 11.9. The van der Waals surface area contributed by atoms with Crippen molar-refractivity contribution in [2.75, 3.05) is 7.05 Å². The van der Waals surface area contributed by atoms with Crippen LogP contribution >= 0.6 is 0 Å². The van der Waals surface area contributed by atoms with Crippen molar-refractivity contribution in [2.24, 2.45) is 5.92 Å². The summed E-state index contributed by atoms with van der Waals surface area (Å²) in [5.41, 5.74) is 0.742. The third kappa shape index (κ3) is 2.03. The first-order valence-electron chi connectivity index (χ1n) is 5.30. The summed E-state index contributed by atoms with van der Waals surface area (Å²) >= 11 is 0. The Morgan fingerprint density at radius 2 is 2.33 bits per heavy atom. The Balaban J connectivity index is 2.06. The van der Waals surface area contributed by atoms with Gasteiger partial charge >= 0.3 is 0 Å². The fourth-order valence-corrected chi connectivity index (χ4v) is 1.72. The highest BCUT2D eigenvalue weighted by molar-refractivity contribution is 5.91. The fraction of sp³-hybridized carbons (Fsp3) is 0.636. The molecule has 2 rings (SSSR count). The van der Waals surface area contributed by atoms with E-state index in [1.807, 2.05) is 14.0 Å². The third-order valence-corrected chi connectivity index (χ3v) is 3.07. The van der Waals surface area contributed by atoms with E-state index in [-0.39, 0.29) is 5.91 Å². The number of hydrogen-bond acceptors (Lipinski definition) is 3. The molecule has 1 aromatic rings. The molecule has 1 aliphatic carbocycles. The largest absolute Gasteiger partial charge is 0.351 e. The molecule has 0 saturated heterocycles. The van der Waals surface area contributed by atoms with E-state index in [4.69, 9.17) is 4.52 Å². The van der Waals surface area contributed by atoms with Crippen molar-refractivity contribution in [2.45, 2.75) is 32.7 Å². The molecule has 1 heterocycles. The summed E-state index contributed by atoms with van der Waals surface area (Å²) in [4.78, 5) is 13.7. The summed E-state index contributed by atoms with van der Waals surface area (Å²) in [5.74, 6) is 0.931. The van der Waals surface area contributed by atoms with Gasteiger partial charge in [-0.25, -0.2) is 0 Å². The van der Waals surface area contributed by atoms with E-state index in [1.165, 1.54) is 12.8 Å². The molecular weight excluding hydrogens is 192 g/mol. The molecule has 15 heavy (non-hydrogen) atoms. The Kier molecular flexibility index (Phi) is 2.50. The molecule has 0 unspecified atom stereocenters. The highest BCUT2D eigenvalue weighted by Crippen LogP contribution is 2.35. The minimum atomic E-state index is -0.0741. The lowest BCUT2D eigenvalue weighted by molar-refractivity contribution is 0.0685. The minimum Gasteiger partial charge on any atom is -0.351 e. The molecule has 1 saturated carbocycles. The second-order valence-electron chi connectivity index (χ2n) is 4.33. The van der Waals surface area contributed by atoms with E-state index >= 15 is 0 Å². The summed E-state index contributed by atoms with van der Waals surface area (Å²) in [6.45, 7) is 3.89. The number of rotatable bonds is 3. The molecule has 0 aromatic carbocycles. The Bertz CT molecular complexity index is 368. The molecule has 4 heteroatoms. The summed E-state index contributed by atoms with van der Waals surface area (Å²) in [7, 11) is 1.82. The average Bonchev–Trinajstić information content (AvgIpc) is 2.98. The van der Waals surface area contributed by atoms with Crippen molar-refractivity contribution in [3.05, 3.63) is 17.5 Å². The van der Waals surface area contributed by atoms with Gasteiger partial charge in [-0.15, -0.1) is 0 Å². The van der Waals surface area contributed by atoms with Crippen LogP contribution in [-0.2, 0) is 0 Å². The number of carbonyl (C=O) groups is 1. The smallest absolute Gasteiger partial charge is 0.292 e. The normalized spacial score (nSPS) is 17.5. The number of nitrogens with zero attached hydrogens (tertiary/aromatic N) is 2. The van der Waals surface area contributed by atoms with Crippen molar-refractivity contribution in [3.8, 4) is 0 Å². The first-order chi connectivity index (χ1) is 7.09. The summed E-state index contributed by atoms with van der Waals surface area (Å²) in [5, 5.41) is 3.72. The molecule has 1 amide bonds. The first-order valence-corrected chi connectivity index (χ1v) is 5.30. The molecule has 82 valence electrons. The Morgan fingerprint density at radius 3 is 2.80 bits per heavy atom. The van der Waals surface area contributed by atoms with E-state index in [2.05, 4.69) is 12.1 Å². The third-order valence-electron chi connectivity index (χ3n) is 3.07. The molecular formula is C11H16N2O2. The lowest BCUT2D eigenvalue weighted by Crippen LogP contribution is -2.36. The van der Waals surface area contributed by atoms with E-state index in [9.17, 15) is 4.79 Å². The summed E-state index contributed by atoms with van der Waals surface area (Å²) < 4.78 is 4.96. The van der Waals surface area contributed by atoms with Gasteiger partial charge in [0.1, 0.15) is 0 Å². The van der Waals surface area contributed by atoms with Crippen molar-refractivity contribution in [1.29, 1.82) is 0 Å². The van der Waals surface area contributed by atoms with Crippen LogP contribution in [0.5, 0.6) is 0 Å². The van der Waals surface area contributed by atoms with Gasteiger partial charge in [0.25, 0.3) is 5.91 Å².